The first-order chi connectivity index (χ1) is 9.47. The Bertz CT molecular complexity index is 494. The molecule has 5 heteroatoms. The number of carboxylic acid groups (broad SMARTS) is 1. The first-order valence-electron chi connectivity index (χ1n) is 6.83. The van der Waals surface area contributed by atoms with Crippen molar-refractivity contribution < 1.29 is 14.7 Å². The van der Waals surface area contributed by atoms with Crippen molar-refractivity contribution in [2.75, 3.05) is 12.4 Å². The number of nitrogens with zero attached hydrogens (tertiary/aromatic N) is 1. The second kappa shape index (κ2) is 5.94. The van der Waals surface area contributed by atoms with Crippen molar-refractivity contribution in [3.63, 3.8) is 0 Å². The minimum Gasteiger partial charge on any atom is -0.481 e. The van der Waals surface area contributed by atoms with Gasteiger partial charge in [-0.15, -0.1) is 0 Å². The molecule has 5 nitrogen and oxygen atoms in total. The standard InChI is InChI=1S/C15H20N2O3/c1-10(9-14(18)19)11-3-5-12(6-4-11)16-15(20)17(2)13-7-8-13/h3-6,10,13H,7-9H2,1-2H3,(H,16,20)(H,18,19). The third-order valence-corrected chi connectivity index (χ3v) is 3.63. The highest BCUT2D eigenvalue weighted by molar-refractivity contribution is 5.89. The quantitative estimate of drug-likeness (QED) is 0.868. The van der Waals surface area contributed by atoms with E-state index in [-0.39, 0.29) is 18.4 Å². The lowest BCUT2D eigenvalue weighted by Crippen LogP contribution is -2.32. The number of carbonyl (C=O) groups excluding carboxylic acids is 1. The minimum absolute atomic E-state index is 0.0358. The Morgan fingerprint density at radius 1 is 1.35 bits per heavy atom. The SMILES string of the molecule is CC(CC(=O)O)c1ccc(NC(=O)N(C)C2CC2)cc1. The maximum atomic E-state index is 11.9. The first-order valence-corrected chi connectivity index (χ1v) is 6.83. The number of carbonyl (C=O) groups is 2. The van der Waals surface area contributed by atoms with Gasteiger partial charge in [0.25, 0.3) is 0 Å². The van der Waals surface area contributed by atoms with E-state index in [4.69, 9.17) is 5.11 Å². The number of carboxylic acids is 1. The van der Waals surface area contributed by atoms with Gasteiger partial charge in [-0.05, 0) is 36.5 Å². The van der Waals surface area contributed by atoms with Gasteiger partial charge in [0.05, 0.1) is 6.42 Å². The van der Waals surface area contributed by atoms with Gasteiger partial charge in [-0.2, -0.15) is 0 Å². The molecule has 2 rings (SSSR count). The highest BCUT2D eigenvalue weighted by Gasteiger charge is 2.29. The van der Waals surface area contributed by atoms with Crippen LogP contribution in [-0.4, -0.2) is 35.1 Å². The third kappa shape index (κ3) is 3.73. The summed E-state index contributed by atoms with van der Waals surface area (Å²) in [6.45, 7) is 1.88. The number of hydrogen-bond acceptors (Lipinski definition) is 2. The Hall–Kier alpha value is -2.04. The van der Waals surface area contributed by atoms with Crippen LogP contribution in [0.1, 0.15) is 37.7 Å². The molecule has 0 heterocycles. The zero-order valence-electron chi connectivity index (χ0n) is 11.8. The summed E-state index contributed by atoms with van der Waals surface area (Å²) in [4.78, 5) is 24.3. The van der Waals surface area contributed by atoms with Crippen molar-refractivity contribution in [3.05, 3.63) is 29.8 Å². The fourth-order valence-electron chi connectivity index (χ4n) is 2.11. The van der Waals surface area contributed by atoms with Crippen LogP contribution in [0.25, 0.3) is 0 Å². The van der Waals surface area contributed by atoms with E-state index in [0.717, 1.165) is 24.1 Å². The summed E-state index contributed by atoms with van der Waals surface area (Å²) in [5.74, 6) is -0.840. The molecule has 1 saturated carbocycles. The van der Waals surface area contributed by atoms with Gasteiger partial charge in [-0.1, -0.05) is 19.1 Å². The molecule has 0 aromatic heterocycles. The lowest BCUT2D eigenvalue weighted by molar-refractivity contribution is -0.137. The number of urea groups is 1. The molecular weight excluding hydrogens is 256 g/mol. The van der Waals surface area contributed by atoms with Crippen LogP contribution in [0.15, 0.2) is 24.3 Å². The molecule has 1 atom stereocenters. The van der Waals surface area contributed by atoms with Crippen molar-refractivity contribution in [1.82, 2.24) is 4.90 Å². The molecule has 1 aliphatic carbocycles. The minimum atomic E-state index is -0.805. The number of aliphatic carboxylic acids is 1. The molecule has 1 aromatic rings. The van der Waals surface area contributed by atoms with Gasteiger partial charge in [0.15, 0.2) is 0 Å². The van der Waals surface area contributed by atoms with Gasteiger partial charge in [0.2, 0.25) is 0 Å². The van der Waals surface area contributed by atoms with Crippen molar-refractivity contribution in [3.8, 4) is 0 Å². The van der Waals surface area contributed by atoms with Crippen LogP contribution in [0.2, 0.25) is 0 Å². The van der Waals surface area contributed by atoms with E-state index in [1.807, 2.05) is 31.2 Å². The molecular formula is C15H20N2O3. The predicted molar refractivity (Wildman–Crippen MR) is 76.9 cm³/mol. The van der Waals surface area contributed by atoms with Crippen LogP contribution < -0.4 is 5.32 Å². The topological polar surface area (TPSA) is 69.6 Å². The van der Waals surface area contributed by atoms with E-state index in [9.17, 15) is 9.59 Å². The number of rotatable bonds is 5. The zero-order valence-corrected chi connectivity index (χ0v) is 11.8. The van der Waals surface area contributed by atoms with Gasteiger partial charge in [0.1, 0.15) is 0 Å². The highest BCUT2D eigenvalue weighted by Crippen LogP contribution is 2.26. The fourth-order valence-corrected chi connectivity index (χ4v) is 2.11. The van der Waals surface area contributed by atoms with E-state index < -0.39 is 5.97 Å². The fraction of sp³-hybridized carbons (Fsp3) is 0.467. The van der Waals surface area contributed by atoms with Gasteiger partial charge in [0, 0.05) is 18.8 Å². The molecule has 0 spiro atoms. The first kappa shape index (κ1) is 14.4. The molecule has 0 bridgehead atoms. The molecule has 0 saturated heterocycles. The van der Waals surface area contributed by atoms with Crippen LogP contribution in [0.4, 0.5) is 10.5 Å². The second-order valence-electron chi connectivity index (χ2n) is 5.39. The van der Waals surface area contributed by atoms with Crippen molar-refractivity contribution in [1.29, 1.82) is 0 Å². The summed E-state index contributed by atoms with van der Waals surface area (Å²) in [5, 5.41) is 11.6. The monoisotopic (exact) mass is 276 g/mol. The number of amides is 2. The number of hydrogen-bond donors (Lipinski definition) is 2. The molecule has 2 N–H and O–H groups in total. The Labute approximate surface area is 118 Å². The van der Waals surface area contributed by atoms with Crippen LogP contribution >= 0.6 is 0 Å². The molecule has 108 valence electrons. The van der Waals surface area contributed by atoms with Crippen LogP contribution in [0.3, 0.4) is 0 Å². The Morgan fingerprint density at radius 3 is 2.45 bits per heavy atom. The van der Waals surface area contributed by atoms with Gasteiger partial charge >= 0.3 is 12.0 Å². The van der Waals surface area contributed by atoms with E-state index in [1.165, 1.54) is 0 Å². The van der Waals surface area contributed by atoms with Crippen molar-refractivity contribution >= 4 is 17.7 Å². The van der Waals surface area contributed by atoms with Gasteiger partial charge < -0.3 is 15.3 Å². The molecule has 1 fully saturated rings. The Morgan fingerprint density at radius 2 is 1.95 bits per heavy atom. The van der Waals surface area contributed by atoms with E-state index in [1.54, 1.807) is 11.9 Å². The number of benzene rings is 1. The molecule has 1 unspecified atom stereocenters. The van der Waals surface area contributed by atoms with Crippen LogP contribution in [0.5, 0.6) is 0 Å². The molecule has 0 radical (unpaired) electrons. The average Bonchev–Trinajstić information content (AvgIpc) is 3.22. The maximum Gasteiger partial charge on any atom is 0.321 e. The molecule has 2 amide bonds. The molecule has 0 aliphatic heterocycles. The average molecular weight is 276 g/mol. The van der Waals surface area contributed by atoms with Crippen molar-refractivity contribution in [2.24, 2.45) is 0 Å². The zero-order chi connectivity index (χ0) is 14.7. The Kier molecular flexibility index (Phi) is 4.27. The summed E-state index contributed by atoms with van der Waals surface area (Å²) in [5.41, 5.74) is 1.69. The van der Waals surface area contributed by atoms with E-state index in [0.29, 0.717) is 6.04 Å². The normalized spacial score (nSPS) is 15.5. The summed E-state index contributed by atoms with van der Waals surface area (Å²) in [6, 6.07) is 7.63. The molecule has 20 heavy (non-hydrogen) atoms. The van der Waals surface area contributed by atoms with E-state index in [2.05, 4.69) is 5.32 Å². The maximum absolute atomic E-state index is 11.9. The summed E-state index contributed by atoms with van der Waals surface area (Å²) >= 11 is 0. The van der Waals surface area contributed by atoms with Crippen LogP contribution in [0, 0.1) is 0 Å². The lowest BCUT2D eigenvalue weighted by atomic mass is 9.98. The smallest absolute Gasteiger partial charge is 0.321 e. The summed E-state index contributed by atoms with van der Waals surface area (Å²) < 4.78 is 0. The van der Waals surface area contributed by atoms with Gasteiger partial charge in [-0.3, -0.25) is 4.79 Å². The number of anilines is 1. The van der Waals surface area contributed by atoms with Crippen LogP contribution in [-0.2, 0) is 4.79 Å². The summed E-state index contributed by atoms with van der Waals surface area (Å²) in [7, 11) is 1.80. The molecule has 1 aliphatic rings. The third-order valence-electron chi connectivity index (χ3n) is 3.63. The van der Waals surface area contributed by atoms with Crippen molar-refractivity contribution in [2.45, 2.75) is 38.1 Å². The Balaban J connectivity index is 1.93. The largest absolute Gasteiger partial charge is 0.481 e. The predicted octanol–water partition coefficient (Wildman–Crippen LogP) is 2.89. The lowest BCUT2D eigenvalue weighted by Gasteiger charge is -2.17. The van der Waals surface area contributed by atoms with Gasteiger partial charge in [-0.25, -0.2) is 4.79 Å². The van der Waals surface area contributed by atoms with E-state index >= 15 is 0 Å². The summed E-state index contributed by atoms with van der Waals surface area (Å²) in [6.07, 6.45) is 2.27. The highest BCUT2D eigenvalue weighted by atomic mass is 16.4. The second-order valence-corrected chi connectivity index (χ2v) is 5.39. The molecule has 1 aromatic carbocycles. The number of nitrogens with one attached hydrogen (secondary N) is 1.